The minimum Gasteiger partial charge on any atom is -0.353 e. The summed E-state index contributed by atoms with van der Waals surface area (Å²) in [5.74, 6) is 0.120. The standard InChI is InChI=1S/C28H38N4O5/c33-26(29-22-7-1-2-8-22)21-14-12-19(13-15-21)17-31-27(34)24-10-3-4-11-25(24)30(28(31)35)18-20-6-5-9-23(16-20)32(36)37/h5-6,9,16,19,21-22,24-25H,1-4,7-8,10-15,17-18H2,(H,29,33). The molecule has 9 nitrogen and oxygen atoms in total. The van der Waals surface area contributed by atoms with Gasteiger partial charge in [-0.1, -0.05) is 37.8 Å². The van der Waals surface area contributed by atoms with E-state index < -0.39 is 4.92 Å². The number of rotatable bonds is 7. The van der Waals surface area contributed by atoms with Gasteiger partial charge < -0.3 is 10.2 Å². The average molecular weight is 511 g/mol. The van der Waals surface area contributed by atoms with Crippen LogP contribution in [0.1, 0.15) is 82.6 Å². The van der Waals surface area contributed by atoms with E-state index in [9.17, 15) is 24.5 Å². The molecular formula is C28H38N4O5. The molecule has 0 bridgehead atoms. The van der Waals surface area contributed by atoms with Crippen LogP contribution in [0.2, 0.25) is 0 Å². The van der Waals surface area contributed by atoms with Crippen LogP contribution in [0.15, 0.2) is 24.3 Å². The van der Waals surface area contributed by atoms with E-state index in [-0.39, 0.29) is 53.9 Å². The highest BCUT2D eigenvalue weighted by Crippen LogP contribution is 2.37. The maximum absolute atomic E-state index is 13.7. The number of carbonyl (C=O) groups excluding carboxylic acids is 3. The van der Waals surface area contributed by atoms with Gasteiger partial charge in [-0.2, -0.15) is 0 Å². The van der Waals surface area contributed by atoms with Crippen LogP contribution in [0.25, 0.3) is 0 Å². The van der Waals surface area contributed by atoms with Crippen LogP contribution in [0.5, 0.6) is 0 Å². The minimum absolute atomic E-state index is 0.00353. The Labute approximate surface area is 218 Å². The summed E-state index contributed by atoms with van der Waals surface area (Å²) in [5.41, 5.74) is 0.707. The van der Waals surface area contributed by atoms with Crippen molar-refractivity contribution in [1.29, 1.82) is 0 Å². The number of hydrogen-bond donors (Lipinski definition) is 1. The molecule has 5 rings (SSSR count). The van der Waals surface area contributed by atoms with Crippen molar-refractivity contribution in [1.82, 2.24) is 15.1 Å². The van der Waals surface area contributed by atoms with Gasteiger partial charge in [-0.15, -0.1) is 0 Å². The van der Waals surface area contributed by atoms with Crippen LogP contribution in [0, 0.1) is 27.9 Å². The lowest BCUT2D eigenvalue weighted by molar-refractivity contribution is -0.384. The highest BCUT2D eigenvalue weighted by atomic mass is 16.6. The van der Waals surface area contributed by atoms with E-state index in [1.807, 2.05) is 0 Å². The van der Waals surface area contributed by atoms with Crippen molar-refractivity contribution >= 4 is 23.5 Å². The summed E-state index contributed by atoms with van der Waals surface area (Å²) in [4.78, 5) is 53.9. The van der Waals surface area contributed by atoms with Gasteiger partial charge in [0.1, 0.15) is 0 Å². The molecule has 37 heavy (non-hydrogen) atoms. The molecule has 3 saturated carbocycles. The fourth-order valence-electron chi connectivity index (χ4n) is 6.94. The smallest absolute Gasteiger partial charge is 0.327 e. The number of imide groups is 1. The van der Waals surface area contributed by atoms with E-state index in [4.69, 9.17) is 0 Å². The molecule has 3 aliphatic carbocycles. The molecule has 1 N–H and O–H groups in total. The lowest BCUT2D eigenvalue weighted by Gasteiger charge is -2.47. The number of fused-ring (bicyclic) bond motifs is 1. The zero-order valence-corrected chi connectivity index (χ0v) is 21.5. The molecule has 4 fully saturated rings. The van der Waals surface area contributed by atoms with Gasteiger partial charge in [-0.25, -0.2) is 4.79 Å². The second-order valence-electron chi connectivity index (χ2n) is 11.5. The van der Waals surface area contributed by atoms with Gasteiger partial charge in [0.05, 0.1) is 10.8 Å². The van der Waals surface area contributed by atoms with Gasteiger partial charge in [-0.3, -0.25) is 24.6 Å². The summed E-state index contributed by atoms with van der Waals surface area (Å²) < 4.78 is 0. The summed E-state index contributed by atoms with van der Waals surface area (Å²) in [5, 5.41) is 14.5. The van der Waals surface area contributed by atoms with Crippen LogP contribution in [-0.2, 0) is 16.1 Å². The Morgan fingerprint density at radius 2 is 1.68 bits per heavy atom. The predicted molar refractivity (Wildman–Crippen MR) is 137 cm³/mol. The number of nitrogens with zero attached hydrogens (tertiary/aromatic N) is 3. The molecule has 4 aliphatic rings. The summed E-state index contributed by atoms with van der Waals surface area (Å²) in [6, 6.07) is 6.31. The lowest BCUT2D eigenvalue weighted by Crippen LogP contribution is -2.62. The number of nitro groups is 1. The zero-order valence-electron chi connectivity index (χ0n) is 21.5. The molecule has 9 heteroatoms. The number of benzene rings is 1. The SMILES string of the molecule is O=C(NC1CCCC1)C1CCC(CN2C(=O)C3CCCCC3N(Cc3cccc([N+](=O)[O-])c3)C2=O)CC1. The van der Waals surface area contributed by atoms with E-state index >= 15 is 0 Å². The van der Waals surface area contributed by atoms with Gasteiger partial charge in [-0.05, 0) is 62.8 Å². The Kier molecular flexibility index (Phi) is 7.76. The van der Waals surface area contributed by atoms with Gasteiger partial charge in [0.25, 0.3) is 5.69 Å². The van der Waals surface area contributed by atoms with Crippen LogP contribution >= 0.6 is 0 Å². The van der Waals surface area contributed by atoms with Gasteiger partial charge in [0.15, 0.2) is 0 Å². The monoisotopic (exact) mass is 510 g/mol. The molecule has 0 spiro atoms. The van der Waals surface area contributed by atoms with Gasteiger partial charge in [0, 0.05) is 43.2 Å². The predicted octanol–water partition coefficient (Wildman–Crippen LogP) is 4.78. The number of non-ortho nitro benzene ring substituents is 1. The molecule has 4 amide bonds. The highest BCUT2D eigenvalue weighted by Gasteiger charge is 2.47. The molecule has 0 radical (unpaired) electrons. The highest BCUT2D eigenvalue weighted by molar-refractivity contribution is 5.98. The number of nitro benzene ring substituents is 1. The largest absolute Gasteiger partial charge is 0.353 e. The van der Waals surface area contributed by atoms with E-state index in [1.165, 1.54) is 29.9 Å². The van der Waals surface area contributed by atoms with Crippen molar-refractivity contribution in [3.8, 4) is 0 Å². The maximum atomic E-state index is 13.7. The first kappa shape index (κ1) is 25.7. The molecular weight excluding hydrogens is 472 g/mol. The maximum Gasteiger partial charge on any atom is 0.327 e. The first-order valence-electron chi connectivity index (χ1n) is 14.1. The van der Waals surface area contributed by atoms with Crippen LogP contribution in [0.4, 0.5) is 10.5 Å². The fourth-order valence-corrected chi connectivity index (χ4v) is 6.94. The van der Waals surface area contributed by atoms with Crippen molar-refractivity contribution in [3.05, 3.63) is 39.9 Å². The third kappa shape index (κ3) is 5.65. The average Bonchev–Trinajstić information content (AvgIpc) is 3.42. The zero-order chi connectivity index (χ0) is 25.9. The number of amides is 4. The summed E-state index contributed by atoms with van der Waals surface area (Å²) >= 11 is 0. The van der Waals surface area contributed by atoms with Crippen molar-refractivity contribution in [2.75, 3.05) is 6.54 Å². The topological polar surface area (TPSA) is 113 Å². The van der Waals surface area contributed by atoms with E-state index in [0.29, 0.717) is 18.2 Å². The fraction of sp³-hybridized carbons (Fsp3) is 0.679. The summed E-state index contributed by atoms with van der Waals surface area (Å²) in [7, 11) is 0. The second-order valence-corrected chi connectivity index (χ2v) is 11.5. The molecule has 0 aromatic heterocycles. The molecule has 200 valence electrons. The number of hydrogen-bond acceptors (Lipinski definition) is 5. The normalized spacial score (nSPS) is 28.8. The van der Waals surface area contributed by atoms with E-state index in [1.54, 1.807) is 17.0 Å². The van der Waals surface area contributed by atoms with Crippen LogP contribution < -0.4 is 5.32 Å². The quantitative estimate of drug-likeness (QED) is 0.419. The minimum atomic E-state index is -0.425. The molecule has 1 aliphatic heterocycles. The lowest BCUT2D eigenvalue weighted by atomic mass is 9.79. The molecule has 1 aromatic carbocycles. The van der Waals surface area contributed by atoms with E-state index in [0.717, 1.165) is 64.2 Å². The Morgan fingerprint density at radius 1 is 0.973 bits per heavy atom. The van der Waals surface area contributed by atoms with Crippen molar-refractivity contribution in [2.24, 2.45) is 17.8 Å². The Balaban J connectivity index is 1.24. The van der Waals surface area contributed by atoms with E-state index in [2.05, 4.69) is 5.32 Å². The molecule has 1 aromatic rings. The Morgan fingerprint density at radius 3 is 2.41 bits per heavy atom. The van der Waals surface area contributed by atoms with Gasteiger partial charge >= 0.3 is 6.03 Å². The number of carbonyl (C=O) groups is 3. The molecule has 2 atom stereocenters. The molecule has 1 heterocycles. The first-order valence-corrected chi connectivity index (χ1v) is 14.1. The first-order chi connectivity index (χ1) is 17.9. The van der Waals surface area contributed by atoms with Gasteiger partial charge in [0.2, 0.25) is 11.8 Å². The van der Waals surface area contributed by atoms with Crippen LogP contribution in [0.3, 0.4) is 0 Å². The number of urea groups is 1. The van der Waals surface area contributed by atoms with Crippen molar-refractivity contribution < 1.29 is 19.3 Å². The third-order valence-corrected chi connectivity index (χ3v) is 9.02. The van der Waals surface area contributed by atoms with Crippen molar-refractivity contribution in [2.45, 2.75) is 95.7 Å². The summed E-state index contributed by atoms with van der Waals surface area (Å²) in [6.45, 7) is 0.656. The molecule has 1 saturated heterocycles. The second kappa shape index (κ2) is 11.2. The Bertz CT molecular complexity index is 1030. The van der Waals surface area contributed by atoms with Crippen molar-refractivity contribution in [3.63, 3.8) is 0 Å². The molecule has 2 unspecified atom stereocenters. The number of nitrogens with one attached hydrogen (secondary N) is 1. The third-order valence-electron chi connectivity index (χ3n) is 9.02. The summed E-state index contributed by atoms with van der Waals surface area (Å²) in [6.07, 6.45) is 11.3. The Hall–Kier alpha value is -2.97. The van der Waals surface area contributed by atoms with Crippen LogP contribution in [-0.4, -0.2) is 51.2 Å².